The molecule has 2 aromatic rings. The highest BCUT2D eigenvalue weighted by Crippen LogP contribution is 2.16. The number of hydrogen-bond acceptors (Lipinski definition) is 6. The third kappa shape index (κ3) is 5.86. The van der Waals surface area contributed by atoms with E-state index in [9.17, 15) is 14.7 Å². The minimum atomic E-state index is -1.30. The van der Waals surface area contributed by atoms with Crippen molar-refractivity contribution in [1.29, 1.82) is 0 Å². The van der Waals surface area contributed by atoms with Crippen molar-refractivity contribution in [3.63, 3.8) is 0 Å². The molecule has 1 saturated heterocycles. The van der Waals surface area contributed by atoms with Gasteiger partial charge in [-0.3, -0.25) is 19.6 Å². The summed E-state index contributed by atoms with van der Waals surface area (Å²) in [5, 5.41) is 22.9. The molecule has 9 nitrogen and oxygen atoms in total. The van der Waals surface area contributed by atoms with Crippen molar-refractivity contribution < 1.29 is 19.4 Å². The number of aliphatic hydroxyl groups is 1. The average Bonchev–Trinajstić information content (AvgIpc) is 3.18. The standard InChI is InChI=1S/C20H27N5O4/c1-2-15-5-3-4-6-16(15)23-18(26)11-25-9-10-29-14-20(28,13-25)12-21-19(27)17-7-8-22-24-17/h3-8,28H,2,9-14H2,1H3,(H,21,27)(H,22,24)(H,23,26)/t20-/m1/s1. The molecule has 0 bridgehead atoms. The Bertz CT molecular complexity index is 826. The molecule has 1 fully saturated rings. The first-order chi connectivity index (χ1) is 14.0. The van der Waals surface area contributed by atoms with Crippen LogP contribution in [0.4, 0.5) is 5.69 Å². The van der Waals surface area contributed by atoms with Gasteiger partial charge in [-0.25, -0.2) is 0 Å². The van der Waals surface area contributed by atoms with E-state index in [0.29, 0.717) is 18.8 Å². The highest BCUT2D eigenvalue weighted by molar-refractivity contribution is 5.93. The van der Waals surface area contributed by atoms with E-state index in [2.05, 4.69) is 20.8 Å². The maximum Gasteiger partial charge on any atom is 0.269 e. The van der Waals surface area contributed by atoms with E-state index in [-0.39, 0.29) is 38.1 Å². The lowest BCUT2D eigenvalue weighted by molar-refractivity contribution is -0.117. The lowest BCUT2D eigenvalue weighted by Crippen LogP contribution is -2.53. The minimum absolute atomic E-state index is 0.00163. The number of nitrogens with one attached hydrogen (secondary N) is 3. The number of H-pyrrole nitrogens is 1. The third-order valence-electron chi connectivity index (χ3n) is 4.80. The highest BCUT2D eigenvalue weighted by atomic mass is 16.5. The number of carbonyl (C=O) groups is 2. The van der Waals surface area contributed by atoms with Gasteiger partial charge in [0.2, 0.25) is 5.91 Å². The molecular formula is C20H27N5O4. The predicted molar refractivity (Wildman–Crippen MR) is 108 cm³/mol. The molecule has 0 aliphatic carbocycles. The van der Waals surface area contributed by atoms with E-state index < -0.39 is 5.60 Å². The molecule has 2 heterocycles. The fourth-order valence-corrected chi connectivity index (χ4v) is 3.30. The number of amides is 2. The van der Waals surface area contributed by atoms with Crippen LogP contribution >= 0.6 is 0 Å². The van der Waals surface area contributed by atoms with E-state index in [1.165, 1.54) is 6.20 Å². The SMILES string of the molecule is CCc1ccccc1NC(=O)CN1CCOC[C@@](O)(CNC(=O)c2ccn[nH]2)C1. The number of aromatic amines is 1. The summed E-state index contributed by atoms with van der Waals surface area (Å²) in [7, 11) is 0. The van der Waals surface area contributed by atoms with E-state index in [1.807, 2.05) is 36.1 Å². The van der Waals surface area contributed by atoms with Crippen LogP contribution in [-0.4, -0.2) is 77.0 Å². The molecule has 2 amide bonds. The van der Waals surface area contributed by atoms with Crippen LogP contribution in [0.1, 0.15) is 23.0 Å². The number of aromatic nitrogens is 2. The first-order valence-corrected chi connectivity index (χ1v) is 9.67. The average molecular weight is 401 g/mol. The van der Waals surface area contributed by atoms with Gasteiger partial charge < -0.3 is 20.5 Å². The Kier molecular flexibility index (Phi) is 6.97. The van der Waals surface area contributed by atoms with Crippen molar-refractivity contribution >= 4 is 17.5 Å². The second-order valence-corrected chi connectivity index (χ2v) is 7.20. The van der Waals surface area contributed by atoms with Crippen LogP contribution in [0.15, 0.2) is 36.5 Å². The molecular weight excluding hydrogens is 374 g/mol. The van der Waals surface area contributed by atoms with Crippen LogP contribution in [-0.2, 0) is 16.0 Å². The number of nitrogens with zero attached hydrogens (tertiary/aromatic N) is 2. The van der Waals surface area contributed by atoms with Gasteiger partial charge in [0, 0.05) is 25.0 Å². The number of benzene rings is 1. The molecule has 3 rings (SSSR count). The van der Waals surface area contributed by atoms with Gasteiger partial charge in [0.1, 0.15) is 11.3 Å². The van der Waals surface area contributed by atoms with Crippen LogP contribution in [0.3, 0.4) is 0 Å². The molecule has 9 heteroatoms. The van der Waals surface area contributed by atoms with Crippen molar-refractivity contribution in [2.75, 3.05) is 44.7 Å². The van der Waals surface area contributed by atoms with Crippen molar-refractivity contribution in [2.45, 2.75) is 18.9 Å². The van der Waals surface area contributed by atoms with Gasteiger partial charge in [0.05, 0.1) is 26.3 Å². The van der Waals surface area contributed by atoms with Gasteiger partial charge in [-0.15, -0.1) is 0 Å². The summed E-state index contributed by atoms with van der Waals surface area (Å²) in [4.78, 5) is 26.5. The lowest BCUT2D eigenvalue weighted by atomic mass is 10.0. The number of ether oxygens (including phenoxy) is 1. The number of hydrogen-bond donors (Lipinski definition) is 4. The van der Waals surface area contributed by atoms with Gasteiger partial charge in [0.15, 0.2) is 0 Å². The van der Waals surface area contributed by atoms with Crippen molar-refractivity contribution in [1.82, 2.24) is 20.4 Å². The van der Waals surface area contributed by atoms with Crippen molar-refractivity contribution in [2.24, 2.45) is 0 Å². The number of carbonyl (C=O) groups excluding carboxylic acids is 2. The summed E-state index contributed by atoms with van der Waals surface area (Å²) >= 11 is 0. The summed E-state index contributed by atoms with van der Waals surface area (Å²) < 4.78 is 5.50. The maximum atomic E-state index is 12.5. The molecule has 0 unspecified atom stereocenters. The molecule has 0 spiro atoms. The molecule has 1 aromatic heterocycles. The molecule has 0 saturated carbocycles. The van der Waals surface area contributed by atoms with Crippen molar-refractivity contribution in [3.8, 4) is 0 Å². The number of para-hydroxylation sites is 1. The van der Waals surface area contributed by atoms with Gasteiger partial charge >= 0.3 is 0 Å². The normalized spacial score (nSPS) is 20.1. The molecule has 1 aliphatic rings. The number of anilines is 1. The molecule has 1 atom stereocenters. The Balaban J connectivity index is 1.56. The van der Waals surface area contributed by atoms with Crippen LogP contribution in [0.2, 0.25) is 0 Å². The Morgan fingerprint density at radius 2 is 2.17 bits per heavy atom. The summed E-state index contributed by atoms with van der Waals surface area (Å²) in [6.45, 7) is 3.36. The monoisotopic (exact) mass is 401 g/mol. The smallest absolute Gasteiger partial charge is 0.269 e. The second kappa shape index (κ2) is 9.64. The Labute approximate surface area is 169 Å². The molecule has 1 aromatic carbocycles. The van der Waals surface area contributed by atoms with E-state index in [0.717, 1.165) is 17.7 Å². The topological polar surface area (TPSA) is 120 Å². The zero-order valence-electron chi connectivity index (χ0n) is 16.5. The van der Waals surface area contributed by atoms with Crippen LogP contribution < -0.4 is 10.6 Å². The van der Waals surface area contributed by atoms with Crippen LogP contribution in [0.25, 0.3) is 0 Å². The zero-order valence-corrected chi connectivity index (χ0v) is 16.5. The number of aryl methyl sites for hydroxylation is 1. The van der Waals surface area contributed by atoms with Crippen molar-refractivity contribution in [3.05, 3.63) is 47.8 Å². The van der Waals surface area contributed by atoms with Crippen LogP contribution in [0, 0.1) is 0 Å². The van der Waals surface area contributed by atoms with Crippen LogP contribution in [0.5, 0.6) is 0 Å². The summed E-state index contributed by atoms with van der Waals surface area (Å²) in [5.41, 5.74) is 0.883. The van der Waals surface area contributed by atoms with Gasteiger partial charge in [-0.2, -0.15) is 5.10 Å². The van der Waals surface area contributed by atoms with E-state index >= 15 is 0 Å². The fourth-order valence-electron chi connectivity index (χ4n) is 3.30. The van der Waals surface area contributed by atoms with Gasteiger partial charge in [-0.05, 0) is 24.1 Å². The largest absolute Gasteiger partial charge is 0.384 e. The van der Waals surface area contributed by atoms with E-state index in [4.69, 9.17) is 4.74 Å². The summed E-state index contributed by atoms with van der Waals surface area (Å²) in [6.07, 6.45) is 2.30. The molecule has 1 aliphatic heterocycles. The third-order valence-corrected chi connectivity index (χ3v) is 4.80. The number of rotatable bonds is 7. The second-order valence-electron chi connectivity index (χ2n) is 7.20. The molecule has 4 N–H and O–H groups in total. The summed E-state index contributed by atoms with van der Waals surface area (Å²) in [5.74, 6) is -0.516. The zero-order chi connectivity index (χ0) is 20.7. The first kappa shape index (κ1) is 21.0. The fraction of sp³-hybridized carbons (Fsp3) is 0.450. The molecule has 29 heavy (non-hydrogen) atoms. The first-order valence-electron chi connectivity index (χ1n) is 9.67. The van der Waals surface area contributed by atoms with E-state index in [1.54, 1.807) is 6.07 Å². The minimum Gasteiger partial charge on any atom is -0.384 e. The maximum absolute atomic E-state index is 12.5. The highest BCUT2D eigenvalue weighted by Gasteiger charge is 2.33. The number of β-amino-alcohol motifs (C(OH)–C–C–N with tert-alkyl or cyclic N) is 1. The quantitative estimate of drug-likeness (QED) is 0.533. The summed E-state index contributed by atoms with van der Waals surface area (Å²) in [6, 6.07) is 9.24. The Morgan fingerprint density at radius 3 is 2.93 bits per heavy atom. The predicted octanol–water partition coefficient (Wildman–Crippen LogP) is 0.404. The van der Waals surface area contributed by atoms with Gasteiger partial charge in [-0.1, -0.05) is 25.1 Å². The molecule has 0 radical (unpaired) electrons. The van der Waals surface area contributed by atoms with Gasteiger partial charge in [0.25, 0.3) is 5.91 Å². The Morgan fingerprint density at radius 1 is 1.34 bits per heavy atom. The Hall–Kier alpha value is -2.75. The molecule has 156 valence electrons. The lowest BCUT2D eigenvalue weighted by Gasteiger charge is -2.30.